The van der Waals surface area contributed by atoms with Crippen LogP contribution in [0, 0.1) is 11.8 Å². The first-order valence-corrected chi connectivity index (χ1v) is 13.1. The predicted molar refractivity (Wildman–Crippen MR) is 135 cm³/mol. The van der Waals surface area contributed by atoms with E-state index in [-0.39, 0.29) is 34.3 Å². The lowest BCUT2D eigenvalue weighted by Crippen LogP contribution is -2.39. The average Bonchev–Trinajstić information content (AvgIpc) is 3.29. The molecule has 10 heteroatoms. The van der Waals surface area contributed by atoms with Crippen molar-refractivity contribution in [2.45, 2.75) is 10.9 Å². The van der Waals surface area contributed by atoms with Crippen molar-refractivity contribution in [1.82, 2.24) is 19.9 Å². The summed E-state index contributed by atoms with van der Waals surface area (Å²) in [5.74, 6) is 0.486. The van der Waals surface area contributed by atoms with Crippen molar-refractivity contribution in [2.75, 3.05) is 17.4 Å². The van der Waals surface area contributed by atoms with Crippen molar-refractivity contribution in [1.29, 1.82) is 0 Å². The fourth-order valence-electron chi connectivity index (χ4n) is 5.06. The van der Waals surface area contributed by atoms with Gasteiger partial charge < -0.3 is 5.32 Å². The maximum Gasteiger partial charge on any atom is 0.266 e. The van der Waals surface area contributed by atoms with E-state index in [4.69, 9.17) is 11.6 Å². The van der Waals surface area contributed by atoms with Gasteiger partial charge in [0, 0.05) is 47.9 Å². The molecule has 0 radical (unpaired) electrons. The predicted octanol–water partition coefficient (Wildman–Crippen LogP) is 3.06. The summed E-state index contributed by atoms with van der Waals surface area (Å²) in [6, 6.07) is 16.9. The number of benzene rings is 2. The SMILES string of the molecule is Cn1c(=O)c(-c2ccccc2Cl)cc2cnc(N(C3C4CNCC43)S(=O)(=O)c3ccccc3)nc21. The maximum atomic E-state index is 13.8. The van der Waals surface area contributed by atoms with Crippen LogP contribution in [-0.2, 0) is 17.1 Å². The molecule has 1 saturated carbocycles. The Morgan fingerprint density at radius 3 is 2.43 bits per heavy atom. The van der Waals surface area contributed by atoms with E-state index >= 15 is 0 Å². The fraction of sp³-hybridized carbons (Fsp3) is 0.240. The summed E-state index contributed by atoms with van der Waals surface area (Å²) in [4.78, 5) is 22.5. The minimum absolute atomic E-state index is 0.0706. The van der Waals surface area contributed by atoms with Gasteiger partial charge in [-0.3, -0.25) is 9.36 Å². The molecule has 8 nitrogen and oxygen atoms in total. The molecular weight excluding hydrogens is 486 g/mol. The van der Waals surface area contributed by atoms with Gasteiger partial charge in [-0.25, -0.2) is 17.7 Å². The first kappa shape index (κ1) is 22.2. The molecule has 4 aromatic rings. The third-order valence-electron chi connectivity index (χ3n) is 6.91. The highest BCUT2D eigenvalue weighted by Gasteiger charge is 2.59. The number of aromatic nitrogens is 3. The van der Waals surface area contributed by atoms with E-state index in [0.29, 0.717) is 27.2 Å². The summed E-state index contributed by atoms with van der Waals surface area (Å²) >= 11 is 6.34. The maximum absolute atomic E-state index is 13.8. The van der Waals surface area contributed by atoms with Crippen LogP contribution >= 0.6 is 11.6 Å². The van der Waals surface area contributed by atoms with E-state index in [2.05, 4.69) is 15.3 Å². The largest absolute Gasteiger partial charge is 0.316 e. The van der Waals surface area contributed by atoms with Crippen LogP contribution in [0.2, 0.25) is 5.02 Å². The number of sulfonamides is 1. The summed E-state index contributed by atoms with van der Waals surface area (Å²) in [5, 5.41) is 4.38. The Kier molecular flexibility index (Phi) is 5.17. The molecule has 1 aliphatic carbocycles. The molecule has 1 aliphatic heterocycles. The number of nitrogens with one attached hydrogen (secondary N) is 1. The van der Waals surface area contributed by atoms with Crippen molar-refractivity contribution in [3.63, 3.8) is 0 Å². The minimum atomic E-state index is -3.91. The van der Waals surface area contributed by atoms with Gasteiger partial charge in [-0.2, -0.15) is 4.98 Å². The van der Waals surface area contributed by atoms with Crippen LogP contribution in [0.1, 0.15) is 0 Å². The molecule has 6 rings (SSSR count). The van der Waals surface area contributed by atoms with Gasteiger partial charge in [0.2, 0.25) is 5.95 Å². The smallest absolute Gasteiger partial charge is 0.266 e. The van der Waals surface area contributed by atoms with Gasteiger partial charge in [0.15, 0.2) is 0 Å². The van der Waals surface area contributed by atoms with Gasteiger partial charge in [0.25, 0.3) is 15.6 Å². The Balaban J connectivity index is 1.51. The lowest BCUT2D eigenvalue weighted by atomic mass is 10.1. The van der Waals surface area contributed by atoms with Crippen LogP contribution in [0.25, 0.3) is 22.2 Å². The van der Waals surface area contributed by atoms with Crippen LogP contribution in [-0.4, -0.2) is 42.1 Å². The van der Waals surface area contributed by atoms with Gasteiger partial charge >= 0.3 is 0 Å². The zero-order valence-electron chi connectivity index (χ0n) is 18.8. The molecule has 1 saturated heterocycles. The van der Waals surface area contributed by atoms with Crippen molar-refractivity contribution in [3.05, 3.63) is 82.2 Å². The Morgan fingerprint density at radius 1 is 1.03 bits per heavy atom. The van der Waals surface area contributed by atoms with Crippen molar-refractivity contribution < 1.29 is 8.42 Å². The Bertz CT molecular complexity index is 1610. The van der Waals surface area contributed by atoms with Gasteiger partial charge in [-0.05, 0) is 36.1 Å². The number of piperidine rings is 1. The van der Waals surface area contributed by atoms with Gasteiger partial charge in [0.1, 0.15) is 5.65 Å². The molecule has 2 aromatic carbocycles. The molecule has 3 heterocycles. The van der Waals surface area contributed by atoms with Gasteiger partial charge in [0.05, 0.1) is 10.9 Å². The van der Waals surface area contributed by atoms with Crippen LogP contribution in [0.3, 0.4) is 0 Å². The number of pyridine rings is 1. The number of hydrogen-bond acceptors (Lipinski definition) is 6. The van der Waals surface area contributed by atoms with E-state index in [1.54, 1.807) is 67.8 Å². The van der Waals surface area contributed by atoms with Crippen molar-refractivity contribution in [2.24, 2.45) is 18.9 Å². The van der Waals surface area contributed by atoms with E-state index in [1.807, 2.05) is 6.07 Å². The Labute approximate surface area is 207 Å². The van der Waals surface area contributed by atoms with Gasteiger partial charge in [-0.15, -0.1) is 0 Å². The molecule has 1 N–H and O–H groups in total. The van der Waals surface area contributed by atoms with Gasteiger partial charge in [-0.1, -0.05) is 48.0 Å². The summed E-state index contributed by atoms with van der Waals surface area (Å²) in [7, 11) is -2.29. The molecule has 2 unspecified atom stereocenters. The third kappa shape index (κ3) is 3.53. The van der Waals surface area contributed by atoms with E-state index in [9.17, 15) is 13.2 Å². The number of rotatable bonds is 5. The quantitative estimate of drug-likeness (QED) is 0.446. The normalized spacial score (nSPS) is 21.1. The topological polar surface area (TPSA) is 97.2 Å². The summed E-state index contributed by atoms with van der Waals surface area (Å²) in [6.07, 6.45) is 1.57. The minimum Gasteiger partial charge on any atom is -0.316 e. The summed E-state index contributed by atoms with van der Waals surface area (Å²) in [5.41, 5.74) is 1.12. The Morgan fingerprint density at radius 2 is 1.71 bits per heavy atom. The lowest BCUT2D eigenvalue weighted by Gasteiger charge is -2.25. The van der Waals surface area contributed by atoms with E-state index in [1.165, 1.54) is 8.87 Å². The molecule has 2 atom stereocenters. The van der Waals surface area contributed by atoms with Crippen molar-refractivity contribution in [3.8, 4) is 11.1 Å². The molecule has 2 fully saturated rings. The molecule has 2 aromatic heterocycles. The Hall–Kier alpha value is -3.27. The highest BCUT2D eigenvalue weighted by molar-refractivity contribution is 7.92. The zero-order chi connectivity index (χ0) is 24.3. The second-order valence-electron chi connectivity index (χ2n) is 8.94. The molecule has 35 heavy (non-hydrogen) atoms. The standard InChI is InChI=1S/C25H22ClN5O3S/c1-30-23-15(11-18(24(30)32)17-9-5-6-10-21(17)26)12-28-25(29-23)31(22-19-13-27-14-20(19)22)35(33,34)16-7-3-2-4-8-16/h2-12,19-20,22,27H,13-14H2,1H3. The molecule has 0 spiro atoms. The number of fused-ring (bicyclic) bond motifs is 2. The summed E-state index contributed by atoms with van der Waals surface area (Å²) < 4.78 is 30.3. The van der Waals surface area contributed by atoms with E-state index < -0.39 is 10.0 Å². The zero-order valence-corrected chi connectivity index (χ0v) is 20.4. The number of anilines is 1. The molecule has 0 amide bonds. The van der Waals surface area contributed by atoms with Crippen LogP contribution < -0.4 is 15.2 Å². The highest BCUT2D eigenvalue weighted by atomic mass is 35.5. The molecule has 2 aliphatic rings. The number of hydrogen-bond donors (Lipinski definition) is 1. The van der Waals surface area contributed by atoms with E-state index in [0.717, 1.165) is 13.1 Å². The fourth-order valence-corrected chi connectivity index (χ4v) is 6.96. The van der Waals surface area contributed by atoms with Crippen LogP contribution in [0.5, 0.6) is 0 Å². The monoisotopic (exact) mass is 507 g/mol. The third-order valence-corrected chi connectivity index (χ3v) is 9.04. The number of aryl methyl sites for hydroxylation is 1. The van der Waals surface area contributed by atoms with Crippen molar-refractivity contribution >= 4 is 38.6 Å². The number of halogens is 1. The average molecular weight is 508 g/mol. The lowest BCUT2D eigenvalue weighted by molar-refractivity contribution is 0.579. The molecular formula is C25H22ClN5O3S. The highest BCUT2D eigenvalue weighted by Crippen LogP contribution is 2.48. The second-order valence-corrected chi connectivity index (χ2v) is 11.2. The first-order chi connectivity index (χ1) is 16.9. The molecule has 0 bridgehead atoms. The van der Waals surface area contributed by atoms with Crippen LogP contribution in [0.15, 0.2) is 76.6 Å². The second kappa shape index (κ2) is 8.15. The number of nitrogens with zero attached hydrogens (tertiary/aromatic N) is 4. The first-order valence-electron chi connectivity index (χ1n) is 11.3. The molecule has 178 valence electrons. The summed E-state index contributed by atoms with van der Waals surface area (Å²) in [6.45, 7) is 1.51. The van der Waals surface area contributed by atoms with Crippen LogP contribution in [0.4, 0.5) is 5.95 Å².